The first-order chi connectivity index (χ1) is 11.4. The number of nitrogen functional groups attached to an aromatic ring is 1. The predicted octanol–water partition coefficient (Wildman–Crippen LogP) is 3.26. The molecule has 2 rings (SSSR count). The van der Waals surface area contributed by atoms with Gasteiger partial charge in [0.05, 0.1) is 6.61 Å². The molecule has 1 heterocycles. The third-order valence-corrected chi connectivity index (χ3v) is 4.26. The van der Waals surface area contributed by atoms with Gasteiger partial charge in [0, 0.05) is 16.7 Å². The standard InChI is InChI=1S/C19H23N3O2/c1-4-19(2,3)17-11-15(16(12-20)18(21)22-17)13-5-7-14(8-6-13)24-10-9-23/h5-8,11,23H,4,9-10H2,1-3H3,(H2,21,22). The number of rotatable bonds is 6. The molecule has 0 saturated carbocycles. The SMILES string of the molecule is CCC(C)(C)c1cc(-c2ccc(OCCO)cc2)c(C#N)c(N)n1. The number of hydrogen-bond donors (Lipinski definition) is 2. The largest absolute Gasteiger partial charge is 0.491 e. The molecule has 5 heteroatoms. The van der Waals surface area contributed by atoms with Crippen LogP contribution in [-0.2, 0) is 5.41 Å². The second kappa shape index (κ2) is 7.33. The van der Waals surface area contributed by atoms with Gasteiger partial charge >= 0.3 is 0 Å². The van der Waals surface area contributed by atoms with E-state index >= 15 is 0 Å². The molecule has 0 atom stereocenters. The lowest BCUT2D eigenvalue weighted by atomic mass is 9.84. The van der Waals surface area contributed by atoms with E-state index in [1.165, 1.54) is 0 Å². The first-order valence-corrected chi connectivity index (χ1v) is 7.98. The average Bonchev–Trinajstić information content (AvgIpc) is 2.59. The third kappa shape index (κ3) is 3.66. The Morgan fingerprint density at radius 3 is 2.50 bits per heavy atom. The zero-order valence-corrected chi connectivity index (χ0v) is 14.3. The van der Waals surface area contributed by atoms with Crippen molar-refractivity contribution in [2.75, 3.05) is 18.9 Å². The molecular weight excluding hydrogens is 302 g/mol. The molecule has 0 amide bonds. The van der Waals surface area contributed by atoms with Gasteiger partial charge < -0.3 is 15.6 Å². The van der Waals surface area contributed by atoms with Crippen LogP contribution in [0.25, 0.3) is 11.1 Å². The fraction of sp³-hybridized carbons (Fsp3) is 0.368. The minimum absolute atomic E-state index is 0.0311. The van der Waals surface area contributed by atoms with Crippen LogP contribution in [0.4, 0.5) is 5.82 Å². The summed E-state index contributed by atoms with van der Waals surface area (Å²) in [6, 6.07) is 11.5. The Kier molecular flexibility index (Phi) is 5.42. The molecule has 126 valence electrons. The lowest BCUT2D eigenvalue weighted by molar-refractivity contribution is 0.201. The number of pyridine rings is 1. The highest BCUT2D eigenvalue weighted by Gasteiger charge is 2.23. The van der Waals surface area contributed by atoms with Crippen LogP contribution in [0.5, 0.6) is 5.75 Å². The highest BCUT2D eigenvalue weighted by molar-refractivity contribution is 5.76. The molecule has 0 fully saturated rings. The molecule has 1 aromatic carbocycles. The summed E-state index contributed by atoms with van der Waals surface area (Å²) in [6.45, 7) is 6.53. The van der Waals surface area contributed by atoms with Gasteiger partial charge in [-0.05, 0) is 30.2 Å². The molecule has 0 radical (unpaired) electrons. The summed E-state index contributed by atoms with van der Waals surface area (Å²) >= 11 is 0. The van der Waals surface area contributed by atoms with Crippen LogP contribution in [0, 0.1) is 11.3 Å². The second-order valence-electron chi connectivity index (χ2n) is 6.26. The number of aliphatic hydroxyl groups excluding tert-OH is 1. The molecule has 0 unspecified atom stereocenters. The van der Waals surface area contributed by atoms with Gasteiger partial charge in [-0.2, -0.15) is 5.26 Å². The minimum Gasteiger partial charge on any atom is -0.491 e. The first-order valence-electron chi connectivity index (χ1n) is 7.98. The maximum Gasteiger partial charge on any atom is 0.142 e. The van der Waals surface area contributed by atoms with Crippen LogP contribution < -0.4 is 10.5 Å². The Hall–Kier alpha value is -2.58. The third-order valence-electron chi connectivity index (χ3n) is 4.26. The van der Waals surface area contributed by atoms with Crippen molar-refractivity contribution in [1.82, 2.24) is 4.98 Å². The number of ether oxygens (including phenoxy) is 1. The van der Waals surface area contributed by atoms with Crippen molar-refractivity contribution < 1.29 is 9.84 Å². The summed E-state index contributed by atoms with van der Waals surface area (Å²) in [6.07, 6.45) is 0.915. The van der Waals surface area contributed by atoms with Crippen LogP contribution in [0.15, 0.2) is 30.3 Å². The highest BCUT2D eigenvalue weighted by atomic mass is 16.5. The molecule has 0 aliphatic carbocycles. The van der Waals surface area contributed by atoms with E-state index in [1.807, 2.05) is 30.3 Å². The highest BCUT2D eigenvalue weighted by Crippen LogP contribution is 2.33. The van der Waals surface area contributed by atoms with Crippen LogP contribution >= 0.6 is 0 Å². The number of hydrogen-bond acceptors (Lipinski definition) is 5. The number of nitriles is 1. The maximum absolute atomic E-state index is 9.46. The van der Waals surface area contributed by atoms with Gasteiger partial charge in [-0.3, -0.25) is 0 Å². The normalized spacial score (nSPS) is 11.1. The fourth-order valence-electron chi connectivity index (χ4n) is 2.33. The number of aliphatic hydroxyl groups is 1. The molecule has 0 bridgehead atoms. The number of aromatic nitrogens is 1. The van der Waals surface area contributed by atoms with Crippen molar-refractivity contribution in [2.45, 2.75) is 32.6 Å². The minimum atomic E-state index is -0.124. The van der Waals surface area contributed by atoms with E-state index in [0.29, 0.717) is 11.3 Å². The molecule has 0 spiro atoms. The Labute approximate surface area is 142 Å². The predicted molar refractivity (Wildman–Crippen MR) is 94.7 cm³/mol. The second-order valence-corrected chi connectivity index (χ2v) is 6.26. The van der Waals surface area contributed by atoms with Crippen molar-refractivity contribution in [2.24, 2.45) is 0 Å². The fourth-order valence-corrected chi connectivity index (χ4v) is 2.33. The smallest absolute Gasteiger partial charge is 0.142 e. The molecule has 0 aliphatic heterocycles. The Morgan fingerprint density at radius 1 is 1.29 bits per heavy atom. The number of nitrogens with two attached hydrogens (primary N) is 1. The molecule has 5 nitrogen and oxygen atoms in total. The lowest BCUT2D eigenvalue weighted by Crippen LogP contribution is -2.19. The summed E-state index contributed by atoms with van der Waals surface area (Å²) in [4.78, 5) is 4.43. The quantitative estimate of drug-likeness (QED) is 0.850. The number of nitrogens with zero attached hydrogens (tertiary/aromatic N) is 2. The van der Waals surface area contributed by atoms with E-state index in [-0.39, 0.29) is 24.4 Å². The Balaban J connectivity index is 2.50. The van der Waals surface area contributed by atoms with Gasteiger partial charge in [-0.1, -0.05) is 32.9 Å². The summed E-state index contributed by atoms with van der Waals surface area (Å²) in [5.41, 5.74) is 8.82. The van der Waals surface area contributed by atoms with E-state index in [2.05, 4.69) is 31.8 Å². The van der Waals surface area contributed by atoms with Crippen molar-refractivity contribution in [1.29, 1.82) is 5.26 Å². The summed E-state index contributed by atoms with van der Waals surface area (Å²) in [5, 5.41) is 18.3. The zero-order chi connectivity index (χ0) is 17.7. The average molecular weight is 325 g/mol. The van der Waals surface area contributed by atoms with E-state index in [0.717, 1.165) is 23.2 Å². The van der Waals surface area contributed by atoms with Gasteiger partial charge in [0.2, 0.25) is 0 Å². The van der Waals surface area contributed by atoms with Crippen LogP contribution in [0.3, 0.4) is 0 Å². The number of benzene rings is 1. The van der Waals surface area contributed by atoms with Crippen LogP contribution in [0.2, 0.25) is 0 Å². The van der Waals surface area contributed by atoms with Gasteiger partial charge in [-0.25, -0.2) is 4.98 Å². The van der Waals surface area contributed by atoms with Crippen LogP contribution in [0.1, 0.15) is 38.4 Å². The molecule has 0 saturated heterocycles. The van der Waals surface area contributed by atoms with Gasteiger partial charge in [0.1, 0.15) is 29.8 Å². The summed E-state index contributed by atoms with van der Waals surface area (Å²) in [7, 11) is 0. The summed E-state index contributed by atoms with van der Waals surface area (Å²) < 4.78 is 5.37. The van der Waals surface area contributed by atoms with Gasteiger partial charge in [-0.15, -0.1) is 0 Å². The lowest BCUT2D eigenvalue weighted by Gasteiger charge is -2.23. The van der Waals surface area contributed by atoms with Crippen molar-refractivity contribution in [3.05, 3.63) is 41.6 Å². The number of anilines is 1. The maximum atomic E-state index is 9.46. The van der Waals surface area contributed by atoms with Gasteiger partial charge in [0.15, 0.2) is 0 Å². The molecule has 1 aromatic heterocycles. The first kappa shape index (κ1) is 17.8. The Morgan fingerprint density at radius 2 is 1.96 bits per heavy atom. The van der Waals surface area contributed by atoms with E-state index < -0.39 is 0 Å². The molecule has 2 aromatic rings. The molecule has 3 N–H and O–H groups in total. The van der Waals surface area contributed by atoms with E-state index in [4.69, 9.17) is 15.6 Å². The van der Waals surface area contributed by atoms with Crippen molar-refractivity contribution in [3.63, 3.8) is 0 Å². The van der Waals surface area contributed by atoms with E-state index in [1.54, 1.807) is 0 Å². The topological polar surface area (TPSA) is 92.2 Å². The van der Waals surface area contributed by atoms with Gasteiger partial charge in [0.25, 0.3) is 0 Å². The van der Waals surface area contributed by atoms with E-state index in [9.17, 15) is 5.26 Å². The summed E-state index contributed by atoms with van der Waals surface area (Å²) in [5.74, 6) is 0.926. The zero-order valence-electron chi connectivity index (χ0n) is 14.3. The molecular formula is C19H23N3O2. The molecule has 24 heavy (non-hydrogen) atoms. The monoisotopic (exact) mass is 325 g/mol. The van der Waals surface area contributed by atoms with Crippen molar-refractivity contribution in [3.8, 4) is 22.9 Å². The van der Waals surface area contributed by atoms with Crippen molar-refractivity contribution >= 4 is 5.82 Å². The molecule has 0 aliphatic rings. The Bertz CT molecular complexity index is 746. The van der Waals surface area contributed by atoms with Crippen LogP contribution in [-0.4, -0.2) is 23.3 Å².